The number of carbonyl (C=O) groups is 2. The maximum atomic E-state index is 11.2. The first kappa shape index (κ1) is 16.5. The van der Waals surface area contributed by atoms with Gasteiger partial charge in [-0.05, 0) is 18.9 Å². The van der Waals surface area contributed by atoms with E-state index in [1.807, 2.05) is 13.8 Å². The highest BCUT2D eigenvalue weighted by Gasteiger charge is 2.38. The van der Waals surface area contributed by atoms with E-state index in [9.17, 15) is 14.7 Å². The van der Waals surface area contributed by atoms with Crippen LogP contribution in [0, 0.1) is 0 Å². The third-order valence-electron chi connectivity index (χ3n) is 3.04. The van der Waals surface area contributed by atoms with Crippen molar-refractivity contribution >= 4 is 11.9 Å². The molecule has 7 heteroatoms. The Kier molecular flexibility index (Phi) is 5.97. The molecule has 0 aromatic rings. The van der Waals surface area contributed by atoms with Gasteiger partial charge in [-0.2, -0.15) is 0 Å². The monoisotopic (exact) mass is 287 g/mol. The molecule has 1 rings (SSSR count). The van der Waals surface area contributed by atoms with E-state index in [0.29, 0.717) is 12.8 Å². The number of rotatable bonds is 6. The van der Waals surface area contributed by atoms with E-state index in [2.05, 4.69) is 5.32 Å². The van der Waals surface area contributed by atoms with Gasteiger partial charge in [0.1, 0.15) is 12.1 Å². The number of carbonyl (C=O) groups excluding carboxylic acids is 1. The summed E-state index contributed by atoms with van der Waals surface area (Å²) in [6.45, 7) is 5.15. The van der Waals surface area contributed by atoms with E-state index in [4.69, 9.17) is 14.6 Å². The van der Waals surface area contributed by atoms with Gasteiger partial charge in [0.05, 0.1) is 6.10 Å². The Hall–Kier alpha value is -1.60. The van der Waals surface area contributed by atoms with Gasteiger partial charge in [-0.3, -0.25) is 4.79 Å². The third-order valence-corrected chi connectivity index (χ3v) is 3.04. The van der Waals surface area contributed by atoms with Gasteiger partial charge in [0.25, 0.3) is 0 Å². The lowest BCUT2D eigenvalue weighted by Crippen LogP contribution is -2.55. The fourth-order valence-corrected chi connectivity index (χ4v) is 1.95. The maximum Gasteiger partial charge on any atom is 0.371 e. The number of carboxylic acid groups (broad SMARTS) is 1. The van der Waals surface area contributed by atoms with Crippen molar-refractivity contribution in [3.8, 4) is 0 Å². The highest BCUT2D eigenvalue weighted by Crippen LogP contribution is 2.22. The summed E-state index contributed by atoms with van der Waals surface area (Å²) in [6.07, 6.45) is 0.122. The van der Waals surface area contributed by atoms with E-state index in [-0.39, 0.29) is 17.8 Å². The molecular formula is C13H21NO6. The largest absolute Gasteiger partial charge is 0.475 e. The van der Waals surface area contributed by atoms with Crippen molar-refractivity contribution in [3.63, 3.8) is 0 Å². The second kappa shape index (κ2) is 7.25. The van der Waals surface area contributed by atoms with Gasteiger partial charge in [0.2, 0.25) is 18.0 Å². The number of nitrogens with one attached hydrogen (secondary N) is 1. The van der Waals surface area contributed by atoms with E-state index >= 15 is 0 Å². The molecule has 7 nitrogen and oxygen atoms in total. The number of carboxylic acids is 1. The number of hydrogen-bond donors (Lipinski definition) is 3. The minimum atomic E-state index is -1.29. The minimum Gasteiger partial charge on any atom is -0.475 e. The second-order valence-electron chi connectivity index (χ2n) is 4.61. The summed E-state index contributed by atoms with van der Waals surface area (Å²) in [7, 11) is 0. The molecule has 0 bridgehead atoms. The molecule has 0 saturated carbocycles. The standard InChI is InChI=1S/C13H21NO6/c1-4-8(5-2)19-13-11(14-7(3)15)9(16)6-10(20-13)12(17)18/h6,8-9,11,13,16H,4-5H2,1-3H3,(H,14,15)(H,17,18)/t9-,11+,13+/m0/s1. The molecule has 114 valence electrons. The van der Waals surface area contributed by atoms with E-state index in [0.717, 1.165) is 6.08 Å². The van der Waals surface area contributed by atoms with Crippen LogP contribution in [0.15, 0.2) is 11.8 Å². The lowest BCUT2D eigenvalue weighted by Gasteiger charge is -2.35. The number of ether oxygens (including phenoxy) is 2. The molecule has 0 fully saturated rings. The zero-order valence-corrected chi connectivity index (χ0v) is 11.8. The van der Waals surface area contributed by atoms with Gasteiger partial charge < -0.3 is 25.0 Å². The number of aliphatic hydroxyl groups excluding tert-OH is 1. The van der Waals surface area contributed by atoms with E-state index in [1.54, 1.807) is 0 Å². The van der Waals surface area contributed by atoms with Gasteiger partial charge in [0.15, 0.2) is 0 Å². The van der Waals surface area contributed by atoms with Crippen LogP contribution >= 0.6 is 0 Å². The summed E-state index contributed by atoms with van der Waals surface area (Å²) in [4.78, 5) is 22.1. The van der Waals surface area contributed by atoms with E-state index in [1.165, 1.54) is 6.92 Å². The van der Waals surface area contributed by atoms with Crippen molar-refractivity contribution in [1.82, 2.24) is 5.32 Å². The molecule has 0 unspecified atom stereocenters. The normalized spacial score (nSPS) is 25.9. The first-order valence-corrected chi connectivity index (χ1v) is 6.61. The smallest absolute Gasteiger partial charge is 0.371 e. The quantitative estimate of drug-likeness (QED) is 0.652. The molecule has 3 atom stereocenters. The first-order valence-electron chi connectivity index (χ1n) is 6.61. The predicted molar refractivity (Wildman–Crippen MR) is 69.7 cm³/mol. The predicted octanol–water partition coefficient (Wildman–Crippen LogP) is 0.382. The van der Waals surface area contributed by atoms with Crippen molar-refractivity contribution in [3.05, 3.63) is 11.8 Å². The summed E-state index contributed by atoms with van der Waals surface area (Å²) in [6, 6.07) is -0.837. The number of amides is 1. The van der Waals surface area contributed by atoms with Crippen LogP contribution in [0.25, 0.3) is 0 Å². The number of aliphatic hydroxyl groups is 1. The van der Waals surface area contributed by atoms with Crippen LogP contribution in [0.1, 0.15) is 33.6 Å². The summed E-state index contributed by atoms with van der Waals surface area (Å²) < 4.78 is 10.9. The van der Waals surface area contributed by atoms with Crippen LogP contribution in [0.3, 0.4) is 0 Å². The maximum absolute atomic E-state index is 11.2. The zero-order valence-electron chi connectivity index (χ0n) is 11.8. The SMILES string of the molecule is CCC(CC)O[C@@H]1OC(C(=O)O)=C[C@H](O)[C@H]1NC(C)=O. The molecule has 1 aliphatic heterocycles. The Morgan fingerprint density at radius 2 is 2.05 bits per heavy atom. The molecule has 1 amide bonds. The Labute approximate surface area is 117 Å². The average molecular weight is 287 g/mol. The lowest BCUT2D eigenvalue weighted by molar-refractivity contribution is -0.193. The molecular weight excluding hydrogens is 266 g/mol. The highest BCUT2D eigenvalue weighted by atomic mass is 16.7. The molecule has 0 aromatic carbocycles. The topological polar surface area (TPSA) is 105 Å². The van der Waals surface area contributed by atoms with Crippen molar-refractivity contribution < 1.29 is 29.3 Å². The van der Waals surface area contributed by atoms with Crippen molar-refractivity contribution in [2.24, 2.45) is 0 Å². The molecule has 1 aliphatic rings. The molecule has 0 saturated heterocycles. The van der Waals surface area contributed by atoms with Crippen molar-refractivity contribution in [1.29, 1.82) is 0 Å². The van der Waals surface area contributed by atoms with Gasteiger partial charge in [0, 0.05) is 6.92 Å². The van der Waals surface area contributed by atoms with Gasteiger partial charge in [-0.1, -0.05) is 13.8 Å². The average Bonchev–Trinajstić information content (AvgIpc) is 2.38. The van der Waals surface area contributed by atoms with Crippen molar-refractivity contribution in [2.45, 2.75) is 58.2 Å². The number of hydrogen-bond acceptors (Lipinski definition) is 5. The summed E-state index contributed by atoms with van der Waals surface area (Å²) in [5.41, 5.74) is 0. The van der Waals surface area contributed by atoms with Gasteiger partial charge in [-0.25, -0.2) is 4.79 Å². The summed E-state index contributed by atoms with van der Waals surface area (Å²) in [5.74, 6) is -2.03. The highest BCUT2D eigenvalue weighted by molar-refractivity contribution is 5.84. The van der Waals surface area contributed by atoms with Crippen LogP contribution in [-0.2, 0) is 19.1 Å². The van der Waals surface area contributed by atoms with Gasteiger partial charge >= 0.3 is 5.97 Å². The fourth-order valence-electron chi connectivity index (χ4n) is 1.95. The van der Waals surface area contributed by atoms with Crippen LogP contribution in [0.5, 0.6) is 0 Å². The van der Waals surface area contributed by atoms with Gasteiger partial charge in [-0.15, -0.1) is 0 Å². The molecule has 0 aliphatic carbocycles. The van der Waals surface area contributed by atoms with Crippen LogP contribution in [-0.4, -0.2) is 46.6 Å². The summed E-state index contributed by atoms with van der Waals surface area (Å²) in [5, 5.41) is 21.4. The first-order chi connectivity index (χ1) is 9.38. The fraction of sp³-hybridized carbons (Fsp3) is 0.692. The Balaban J connectivity index is 2.92. The molecule has 0 spiro atoms. The summed E-state index contributed by atoms with van der Waals surface area (Å²) >= 11 is 0. The van der Waals surface area contributed by atoms with Crippen LogP contribution in [0.2, 0.25) is 0 Å². The van der Waals surface area contributed by atoms with Crippen LogP contribution in [0.4, 0.5) is 0 Å². The van der Waals surface area contributed by atoms with Crippen LogP contribution < -0.4 is 5.32 Å². The number of aliphatic carboxylic acids is 1. The molecule has 0 aromatic heterocycles. The Bertz CT molecular complexity index is 390. The third kappa shape index (κ3) is 4.21. The Morgan fingerprint density at radius 1 is 1.45 bits per heavy atom. The minimum absolute atomic E-state index is 0.142. The molecule has 3 N–H and O–H groups in total. The zero-order chi connectivity index (χ0) is 15.3. The second-order valence-corrected chi connectivity index (χ2v) is 4.61. The molecule has 1 heterocycles. The molecule has 20 heavy (non-hydrogen) atoms. The lowest BCUT2D eigenvalue weighted by atomic mass is 10.1. The van der Waals surface area contributed by atoms with E-state index < -0.39 is 24.4 Å². The van der Waals surface area contributed by atoms with Crippen molar-refractivity contribution in [2.75, 3.05) is 0 Å². The molecule has 0 radical (unpaired) electrons. The Morgan fingerprint density at radius 3 is 2.50 bits per heavy atom.